The average molecular weight is 365 g/mol. The first-order valence-corrected chi connectivity index (χ1v) is 10.7. The van der Waals surface area contributed by atoms with Crippen LogP contribution in [-0.2, 0) is 10.0 Å². The van der Waals surface area contributed by atoms with Gasteiger partial charge in [-0.3, -0.25) is 4.79 Å². The number of piperidine rings is 1. The zero-order valence-corrected chi connectivity index (χ0v) is 16.0. The van der Waals surface area contributed by atoms with E-state index in [0.29, 0.717) is 18.7 Å². The molecule has 1 saturated carbocycles. The third-order valence-electron chi connectivity index (χ3n) is 5.59. The maximum atomic E-state index is 12.9. The summed E-state index contributed by atoms with van der Waals surface area (Å²) < 4.78 is 27.4. The zero-order chi connectivity index (χ0) is 18.0. The van der Waals surface area contributed by atoms with Crippen molar-refractivity contribution in [2.45, 2.75) is 62.8 Å². The summed E-state index contributed by atoms with van der Waals surface area (Å²) in [6.45, 7) is 3.01. The Morgan fingerprint density at radius 2 is 1.72 bits per heavy atom. The van der Waals surface area contributed by atoms with Crippen LogP contribution in [0.2, 0.25) is 0 Å². The molecular weight excluding hydrogens is 336 g/mol. The molecule has 0 atom stereocenters. The lowest BCUT2D eigenvalue weighted by Crippen LogP contribution is -2.37. The predicted octanol–water partition coefficient (Wildman–Crippen LogP) is 3.18. The first-order chi connectivity index (χ1) is 11.9. The topological polar surface area (TPSA) is 57.7 Å². The van der Waals surface area contributed by atoms with Crippen molar-refractivity contribution in [3.8, 4) is 0 Å². The second kappa shape index (κ2) is 7.46. The summed E-state index contributed by atoms with van der Waals surface area (Å²) in [5.74, 6) is -0.0694. The van der Waals surface area contributed by atoms with E-state index in [1.807, 2.05) is 14.0 Å². The van der Waals surface area contributed by atoms with E-state index >= 15 is 0 Å². The molecule has 2 aliphatic rings. The summed E-state index contributed by atoms with van der Waals surface area (Å²) in [4.78, 5) is 15.0. The summed E-state index contributed by atoms with van der Waals surface area (Å²) in [6.07, 6.45) is 7.27. The molecule has 1 amide bonds. The Hall–Kier alpha value is -1.40. The molecule has 6 heteroatoms. The molecule has 5 nitrogen and oxygen atoms in total. The van der Waals surface area contributed by atoms with Gasteiger partial charge in [0.05, 0.1) is 4.90 Å². The predicted molar refractivity (Wildman–Crippen MR) is 98.1 cm³/mol. The molecule has 0 N–H and O–H groups in total. The minimum absolute atomic E-state index is 0.0694. The van der Waals surface area contributed by atoms with Crippen LogP contribution in [0, 0.1) is 6.92 Å². The molecule has 0 unspecified atom stereocenters. The first kappa shape index (κ1) is 18.4. The lowest BCUT2D eigenvalue weighted by Gasteiger charge is -2.27. The van der Waals surface area contributed by atoms with Gasteiger partial charge in [-0.05, 0) is 50.3 Å². The number of aryl methyl sites for hydroxylation is 1. The molecule has 0 radical (unpaired) electrons. The van der Waals surface area contributed by atoms with Crippen molar-refractivity contribution >= 4 is 15.9 Å². The standard InChI is InChI=1S/C19H28N2O3S/c1-15-10-11-17(25(23,24)21-12-6-3-7-13-21)14-18(15)19(22)20(2)16-8-4-5-9-16/h10-11,14,16H,3-9,12-13H2,1-2H3. The smallest absolute Gasteiger partial charge is 0.254 e. The molecule has 138 valence electrons. The van der Waals surface area contributed by atoms with Crippen molar-refractivity contribution in [3.63, 3.8) is 0 Å². The van der Waals surface area contributed by atoms with Gasteiger partial charge in [0.25, 0.3) is 5.91 Å². The van der Waals surface area contributed by atoms with Gasteiger partial charge in [-0.1, -0.05) is 25.3 Å². The fraction of sp³-hybridized carbons (Fsp3) is 0.632. The number of nitrogens with zero attached hydrogens (tertiary/aromatic N) is 2. The Kier molecular flexibility index (Phi) is 5.49. The summed E-state index contributed by atoms with van der Waals surface area (Å²) in [5, 5.41) is 0. The van der Waals surface area contributed by atoms with Crippen LogP contribution in [-0.4, -0.2) is 49.7 Å². The van der Waals surface area contributed by atoms with Gasteiger partial charge in [0.1, 0.15) is 0 Å². The van der Waals surface area contributed by atoms with Gasteiger partial charge in [0.2, 0.25) is 10.0 Å². The van der Waals surface area contributed by atoms with Gasteiger partial charge in [-0.2, -0.15) is 4.31 Å². The number of amides is 1. The summed E-state index contributed by atoms with van der Waals surface area (Å²) >= 11 is 0. The normalized spacial score (nSPS) is 19.9. The van der Waals surface area contributed by atoms with E-state index in [9.17, 15) is 13.2 Å². The third kappa shape index (κ3) is 3.75. The van der Waals surface area contributed by atoms with Gasteiger partial charge in [0.15, 0.2) is 0 Å². The fourth-order valence-corrected chi connectivity index (χ4v) is 5.44. The highest BCUT2D eigenvalue weighted by molar-refractivity contribution is 7.89. The first-order valence-electron chi connectivity index (χ1n) is 9.29. The van der Waals surface area contributed by atoms with E-state index in [4.69, 9.17) is 0 Å². The molecular formula is C19H28N2O3S. The summed E-state index contributed by atoms with van der Waals surface area (Å²) in [6, 6.07) is 5.24. The van der Waals surface area contributed by atoms with Gasteiger partial charge < -0.3 is 4.90 Å². The second-order valence-electron chi connectivity index (χ2n) is 7.30. The molecule has 1 aromatic carbocycles. The minimum atomic E-state index is -3.52. The number of carbonyl (C=O) groups excluding carboxylic acids is 1. The Labute approximate surface area is 151 Å². The lowest BCUT2D eigenvalue weighted by atomic mass is 10.1. The largest absolute Gasteiger partial charge is 0.339 e. The Morgan fingerprint density at radius 3 is 2.36 bits per heavy atom. The van der Waals surface area contributed by atoms with Crippen LogP contribution in [0.5, 0.6) is 0 Å². The number of hydrogen-bond donors (Lipinski definition) is 0. The minimum Gasteiger partial charge on any atom is -0.339 e. The third-order valence-corrected chi connectivity index (χ3v) is 7.48. The van der Waals surface area contributed by atoms with Crippen molar-refractivity contribution in [1.29, 1.82) is 0 Å². The molecule has 1 saturated heterocycles. The summed E-state index contributed by atoms with van der Waals surface area (Å²) in [7, 11) is -1.68. The molecule has 0 aromatic heterocycles. The number of hydrogen-bond acceptors (Lipinski definition) is 3. The van der Waals surface area contributed by atoms with Gasteiger partial charge >= 0.3 is 0 Å². The zero-order valence-electron chi connectivity index (χ0n) is 15.2. The van der Waals surface area contributed by atoms with E-state index in [0.717, 1.165) is 50.5 Å². The molecule has 2 fully saturated rings. The molecule has 25 heavy (non-hydrogen) atoms. The van der Waals surface area contributed by atoms with Crippen molar-refractivity contribution < 1.29 is 13.2 Å². The molecule has 1 heterocycles. The van der Waals surface area contributed by atoms with Crippen LogP contribution >= 0.6 is 0 Å². The van der Waals surface area contributed by atoms with Crippen molar-refractivity contribution in [2.75, 3.05) is 20.1 Å². The molecule has 1 aliphatic heterocycles. The Bertz CT molecular complexity index is 733. The maximum absolute atomic E-state index is 12.9. The average Bonchev–Trinajstić information content (AvgIpc) is 3.16. The highest BCUT2D eigenvalue weighted by Gasteiger charge is 2.29. The fourth-order valence-electron chi connectivity index (χ4n) is 3.89. The number of sulfonamides is 1. The highest BCUT2D eigenvalue weighted by atomic mass is 32.2. The summed E-state index contributed by atoms with van der Waals surface area (Å²) in [5.41, 5.74) is 1.33. The van der Waals surface area contributed by atoms with Crippen LogP contribution in [0.4, 0.5) is 0 Å². The molecule has 1 aliphatic carbocycles. The van der Waals surface area contributed by atoms with Crippen molar-refractivity contribution in [1.82, 2.24) is 9.21 Å². The van der Waals surface area contributed by atoms with Crippen molar-refractivity contribution in [2.24, 2.45) is 0 Å². The van der Waals surface area contributed by atoms with Crippen LogP contribution in [0.15, 0.2) is 23.1 Å². The number of rotatable bonds is 4. The van der Waals surface area contributed by atoms with Crippen LogP contribution < -0.4 is 0 Å². The highest BCUT2D eigenvalue weighted by Crippen LogP contribution is 2.26. The maximum Gasteiger partial charge on any atom is 0.254 e. The molecule has 0 bridgehead atoms. The van der Waals surface area contributed by atoms with Crippen molar-refractivity contribution in [3.05, 3.63) is 29.3 Å². The molecule has 1 aromatic rings. The van der Waals surface area contributed by atoms with E-state index < -0.39 is 10.0 Å². The lowest BCUT2D eigenvalue weighted by molar-refractivity contribution is 0.0734. The molecule has 3 rings (SSSR count). The molecule has 0 spiro atoms. The second-order valence-corrected chi connectivity index (χ2v) is 9.23. The SMILES string of the molecule is Cc1ccc(S(=O)(=O)N2CCCCC2)cc1C(=O)N(C)C1CCCC1. The van der Waals surface area contributed by atoms with E-state index in [1.165, 1.54) is 0 Å². The van der Waals surface area contributed by atoms with Crippen LogP contribution in [0.1, 0.15) is 60.9 Å². The monoisotopic (exact) mass is 364 g/mol. The van der Waals surface area contributed by atoms with E-state index in [1.54, 1.807) is 27.4 Å². The quantitative estimate of drug-likeness (QED) is 0.824. The number of carbonyl (C=O) groups is 1. The van der Waals surface area contributed by atoms with Gasteiger partial charge in [-0.25, -0.2) is 8.42 Å². The van der Waals surface area contributed by atoms with E-state index in [-0.39, 0.29) is 16.8 Å². The number of benzene rings is 1. The van der Waals surface area contributed by atoms with E-state index in [2.05, 4.69) is 0 Å². The van der Waals surface area contributed by atoms with Gasteiger partial charge in [0, 0.05) is 31.7 Å². The van der Waals surface area contributed by atoms with Gasteiger partial charge in [-0.15, -0.1) is 0 Å². The Balaban J connectivity index is 1.88. The Morgan fingerprint density at radius 1 is 1.08 bits per heavy atom. The van der Waals surface area contributed by atoms with Crippen LogP contribution in [0.25, 0.3) is 0 Å². The van der Waals surface area contributed by atoms with Crippen LogP contribution in [0.3, 0.4) is 0 Å².